The van der Waals surface area contributed by atoms with Crippen LogP contribution in [0.5, 0.6) is 0 Å². The van der Waals surface area contributed by atoms with Crippen molar-refractivity contribution in [1.82, 2.24) is 15.2 Å². The standard InChI is InChI=1S/C15H23N5O3/c1-16-15(21)11-19-7-5-12(6-8-19)10-18(2)14-4-3-13(9-17-14)20(22)23/h3-4,9,12H,5-8,10-11H2,1-2H3,(H,16,21). The molecule has 1 aromatic rings. The first-order valence-corrected chi connectivity index (χ1v) is 7.74. The number of likely N-dealkylation sites (tertiary alicyclic amines) is 1. The van der Waals surface area contributed by atoms with E-state index < -0.39 is 4.92 Å². The Labute approximate surface area is 135 Å². The highest BCUT2D eigenvalue weighted by molar-refractivity contribution is 5.77. The van der Waals surface area contributed by atoms with Gasteiger partial charge < -0.3 is 10.2 Å². The van der Waals surface area contributed by atoms with E-state index in [4.69, 9.17) is 0 Å². The molecule has 0 unspecified atom stereocenters. The van der Waals surface area contributed by atoms with Gasteiger partial charge in [-0.1, -0.05) is 0 Å². The highest BCUT2D eigenvalue weighted by Crippen LogP contribution is 2.21. The number of hydrogen-bond donors (Lipinski definition) is 1. The van der Waals surface area contributed by atoms with Gasteiger partial charge in [-0.15, -0.1) is 0 Å². The monoisotopic (exact) mass is 321 g/mol. The van der Waals surface area contributed by atoms with Crippen molar-refractivity contribution in [1.29, 1.82) is 0 Å². The normalized spacial score (nSPS) is 16.1. The van der Waals surface area contributed by atoms with E-state index in [9.17, 15) is 14.9 Å². The highest BCUT2D eigenvalue weighted by atomic mass is 16.6. The smallest absolute Gasteiger partial charge is 0.287 e. The van der Waals surface area contributed by atoms with Crippen LogP contribution in [0.4, 0.5) is 11.5 Å². The topological polar surface area (TPSA) is 91.6 Å². The molecule has 1 fully saturated rings. The molecule has 1 N–H and O–H groups in total. The van der Waals surface area contributed by atoms with Crippen molar-refractivity contribution in [2.24, 2.45) is 5.92 Å². The summed E-state index contributed by atoms with van der Waals surface area (Å²) in [5.41, 5.74) is 0.00431. The molecule has 0 radical (unpaired) electrons. The Morgan fingerprint density at radius 1 is 1.48 bits per heavy atom. The van der Waals surface area contributed by atoms with Gasteiger partial charge in [0.15, 0.2) is 0 Å². The first-order chi connectivity index (χ1) is 11.0. The second-order valence-electron chi connectivity index (χ2n) is 5.90. The lowest BCUT2D eigenvalue weighted by Gasteiger charge is -2.33. The number of carbonyl (C=O) groups excluding carboxylic acids is 1. The third kappa shape index (κ3) is 4.88. The summed E-state index contributed by atoms with van der Waals surface area (Å²) in [7, 11) is 3.60. The summed E-state index contributed by atoms with van der Waals surface area (Å²) in [6.07, 6.45) is 3.36. The minimum absolute atomic E-state index is 0.00431. The average Bonchev–Trinajstić information content (AvgIpc) is 2.56. The zero-order valence-electron chi connectivity index (χ0n) is 13.6. The number of nitrogens with zero attached hydrogens (tertiary/aromatic N) is 4. The van der Waals surface area contributed by atoms with E-state index in [1.165, 1.54) is 12.3 Å². The molecule has 1 aliphatic rings. The molecule has 0 saturated carbocycles. The predicted molar refractivity (Wildman–Crippen MR) is 87.4 cm³/mol. The lowest BCUT2D eigenvalue weighted by Crippen LogP contribution is -2.42. The van der Waals surface area contributed by atoms with Gasteiger partial charge in [0, 0.05) is 26.7 Å². The number of aromatic nitrogens is 1. The molecule has 23 heavy (non-hydrogen) atoms. The number of carbonyl (C=O) groups is 1. The van der Waals surface area contributed by atoms with Gasteiger partial charge in [-0.2, -0.15) is 0 Å². The minimum Gasteiger partial charge on any atom is -0.359 e. The molecule has 2 heterocycles. The lowest BCUT2D eigenvalue weighted by atomic mass is 9.96. The van der Waals surface area contributed by atoms with Gasteiger partial charge >= 0.3 is 0 Å². The Kier molecular flexibility index (Phi) is 5.86. The molecule has 1 saturated heterocycles. The fourth-order valence-electron chi connectivity index (χ4n) is 2.80. The molecule has 0 aliphatic carbocycles. The maximum Gasteiger partial charge on any atom is 0.287 e. The van der Waals surface area contributed by atoms with Gasteiger partial charge in [-0.3, -0.25) is 19.8 Å². The second kappa shape index (κ2) is 7.87. The summed E-state index contributed by atoms with van der Waals surface area (Å²) in [4.78, 5) is 29.9. The molecule has 1 aliphatic heterocycles. The van der Waals surface area contributed by atoms with Crippen molar-refractivity contribution in [3.8, 4) is 0 Å². The van der Waals surface area contributed by atoms with E-state index in [1.807, 2.05) is 11.9 Å². The van der Waals surface area contributed by atoms with Crippen LogP contribution in [0.15, 0.2) is 18.3 Å². The summed E-state index contributed by atoms with van der Waals surface area (Å²) in [5.74, 6) is 1.33. The number of hydrogen-bond acceptors (Lipinski definition) is 6. The van der Waals surface area contributed by atoms with Crippen LogP contribution in [-0.4, -0.2) is 61.0 Å². The van der Waals surface area contributed by atoms with Gasteiger partial charge in [-0.25, -0.2) is 4.98 Å². The number of nitrogens with one attached hydrogen (secondary N) is 1. The van der Waals surface area contributed by atoms with Crippen LogP contribution in [0, 0.1) is 16.0 Å². The highest BCUT2D eigenvalue weighted by Gasteiger charge is 2.22. The van der Waals surface area contributed by atoms with E-state index in [1.54, 1.807) is 13.1 Å². The van der Waals surface area contributed by atoms with Crippen LogP contribution in [0.1, 0.15) is 12.8 Å². The summed E-state index contributed by atoms with van der Waals surface area (Å²) in [5, 5.41) is 13.3. The summed E-state index contributed by atoms with van der Waals surface area (Å²) in [6, 6.07) is 3.16. The molecule has 0 aromatic carbocycles. The third-order valence-corrected chi connectivity index (χ3v) is 4.22. The van der Waals surface area contributed by atoms with Crippen LogP contribution in [0.25, 0.3) is 0 Å². The van der Waals surface area contributed by atoms with Gasteiger partial charge in [0.25, 0.3) is 5.69 Å². The molecule has 0 atom stereocenters. The van der Waals surface area contributed by atoms with Crippen LogP contribution in [0.2, 0.25) is 0 Å². The molecule has 8 nitrogen and oxygen atoms in total. The Morgan fingerprint density at radius 3 is 2.70 bits per heavy atom. The number of nitro groups is 1. The van der Waals surface area contributed by atoms with Gasteiger partial charge in [0.1, 0.15) is 12.0 Å². The van der Waals surface area contributed by atoms with Crippen molar-refractivity contribution < 1.29 is 9.72 Å². The molecule has 126 valence electrons. The van der Waals surface area contributed by atoms with Gasteiger partial charge in [-0.05, 0) is 37.9 Å². The first kappa shape index (κ1) is 17.1. The largest absolute Gasteiger partial charge is 0.359 e. The van der Waals surface area contributed by atoms with E-state index in [-0.39, 0.29) is 11.6 Å². The van der Waals surface area contributed by atoms with Gasteiger partial charge in [0.2, 0.25) is 5.91 Å². The number of amides is 1. The summed E-state index contributed by atoms with van der Waals surface area (Å²) < 4.78 is 0. The zero-order chi connectivity index (χ0) is 16.8. The van der Waals surface area contributed by atoms with E-state index >= 15 is 0 Å². The van der Waals surface area contributed by atoms with E-state index in [0.717, 1.165) is 38.3 Å². The molecule has 0 bridgehead atoms. The Hall–Kier alpha value is -2.22. The Morgan fingerprint density at radius 2 is 2.17 bits per heavy atom. The molecular weight excluding hydrogens is 298 g/mol. The molecule has 1 amide bonds. The maximum absolute atomic E-state index is 11.4. The van der Waals surface area contributed by atoms with Crippen molar-refractivity contribution in [3.05, 3.63) is 28.4 Å². The van der Waals surface area contributed by atoms with Crippen molar-refractivity contribution in [2.45, 2.75) is 12.8 Å². The quantitative estimate of drug-likeness (QED) is 0.618. The molecular formula is C15H23N5O3. The first-order valence-electron chi connectivity index (χ1n) is 7.74. The molecule has 8 heteroatoms. The number of rotatable bonds is 6. The number of anilines is 1. The molecule has 0 spiro atoms. The van der Waals surface area contributed by atoms with E-state index in [2.05, 4.69) is 15.2 Å². The Bertz CT molecular complexity index is 541. The third-order valence-electron chi connectivity index (χ3n) is 4.22. The second-order valence-corrected chi connectivity index (χ2v) is 5.90. The summed E-state index contributed by atoms with van der Waals surface area (Å²) in [6.45, 7) is 3.15. The lowest BCUT2D eigenvalue weighted by molar-refractivity contribution is -0.385. The fraction of sp³-hybridized carbons (Fsp3) is 0.600. The number of pyridine rings is 1. The van der Waals surface area contributed by atoms with E-state index in [0.29, 0.717) is 12.5 Å². The van der Waals surface area contributed by atoms with Gasteiger partial charge in [0.05, 0.1) is 11.5 Å². The molecule has 1 aromatic heterocycles. The minimum atomic E-state index is -0.445. The van der Waals surface area contributed by atoms with Crippen molar-refractivity contribution >= 4 is 17.4 Å². The number of piperidine rings is 1. The molecule has 2 rings (SSSR count). The number of likely N-dealkylation sites (N-methyl/N-ethyl adjacent to an activating group) is 1. The van der Waals surface area contributed by atoms with Crippen LogP contribution in [-0.2, 0) is 4.79 Å². The maximum atomic E-state index is 11.4. The SMILES string of the molecule is CNC(=O)CN1CCC(CN(C)c2ccc([N+](=O)[O-])cn2)CC1. The summed E-state index contributed by atoms with van der Waals surface area (Å²) >= 11 is 0. The fourth-order valence-corrected chi connectivity index (χ4v) is 2.80. The van der Waals surface area contributed by atoms with Crippen LogP contribution < -0.4 is 10.2 Å². The van der Waals surface area contributed by atoms with Crippen LogP contribution in [0.3, 0.4) is 0 Å². The van der Waals surface area contributed by atoms with Crippen molar-refractivity contribution in [3.63, 3.8) is 0 Å². The van der Waals surface area contributed by atoms with Crippen molar-refractivity contribution in [2.75, 3.05) is 45.2 Å². The average molecular weight is 321 g/mol. The Balaban J connectivity index is 1.81. The van der Waals surface area contributed by atoms with Crippen LogP contribution >= 0.6 is 0 Å². The predicted octanol–water partition coefficient (Wildman–Crippen LogP) is 0.884. The zero-order valence-corrected chi connectivity index (χ0v) is 13.6.